The molecule has 0 N–H and O–H groups in total. The fourth-order valence-corrected chi connectivity index (χ4v) is 2.51. The van der Waals surface area contributed by atoms with Crippen LogP contribution in [0.1, 0.15) is 29.5 Å². The third-order valence-corrected chi connectivity index (χ3v) is 3.64. The highest BCUT2D eigenvalue weighted by atomic mass is 79.9. The van der Waals surface area contributed by atoms with Gasteiger partial charge in [-0.3, -0.25) is 0 Å². The Morgan fingerprint density at radius 1 is 1.00 bits per heavy atom. The summed E-state index contributed by atoms with van der Waals surface area (Å²) in [5, 5.41) is 0. The van der Waals surface area contributed by atoms with Crippen LogP contribution in [0.3, 0.4) is 0 Å². The van der Waals surface area contributed by atoms with E-state index in [0.717, 1.165) is 0 Å². The molecular weight excluding hydrogens is 260 g/mol. The highest BCUT2D eigenvalue weighted by molar-refractivity contribution is 9.10. The Hall–Kier alpha value is -1.08. The molecule has 0 saturated heterocycles. The van der Waals surface area contributed by atoms with E-state index >= 15 is 0 Å². The molecule has 0 aliphatic heterocycles. The van der Waals surface area contributed by atoms with Crippen molar-refractivity contribution in [3.8, 4) is 0 Å². The molecule has 2 aromatic carbocycles. The first kappa shape index (κ1) is 11.4. The third kappa shape index (κ3) is 2.35. The molecule has 2 rings (SSSR count). The Morgan fingerprint density at radius 2 is 1.69 bits per heavy atom. The smallest absolute Gasteiger partial charge is 0.0213 e. The molecule has 0 aromatic heterocycles. The standard InChI is InChI=1S/C15H15Br/c1-11-8-9-15(16)14(10-11)12(2)13-6-4-3-5-7-13/h3-10,12H,1-2H3. The second kappa shape index (κ2) is 4.84. The third-order valence-electron chi connectivity index (χ3n) is 2.92. The minimum atomic E-state index is 0.426. The topological polar surface area (TPSA) is 0 Å². The highest BCUT2D eigenvalue weighted by Crippen LogP contribution is 2.30. The SMILES string of the molecule is Cc1ccc(Br)c(C(C)c2ccccc2)c1. The largest absolute Gasteiger partial charge is 0.0622 e. The number of hydrogen-bond donors (Lipinski definition) is 0. The second-order valence-corrected chi connectivity index (χ2v) is 5.01. The van der Waals surface area contributed by atoms with E-state index in [-0.39, 0.29) is 0 Å². The van der Waals surface area contributed by atoms with Gasteiger partial charge in [0.15, 0.2) is 0 Å². The summed E-state index contributed by atoms with van der Waals surface area (Å²) in [5.41, 5.74) is 4.01. The van der Waals surface area contributed by atoms with E-state index in [1.807, 2.05) is 0 Å². The monoisotopic (exact) mass is 274 g/mol. The first-order valence-electron chi connectivity index (χ1n) is 5.49. The second-order valence-electron chi connectivity index (χ2n) is 4.16. The molecule has 0 nitrogen and oxygen atoms in total. The lowest BCUT2D eigenvalue weighted by Gasteiger charge is -2.15. The molecule has 0 spiro atoms. The Bertz CT molecular complexity index is 474. The average molecular weight is 275 g/mol. The number of aryl methyl sites for hydroxylation is 1. The molecular formula is C15H15Br. The van der Waals surface area contributed by atoms with Crippen LogP contribution in [0.4, 0.5) is 0 Å². The van der Waals surface area contributed by atoms with Crippen LogP contribution < -0.4 is 0 Å². The van der Waals surface area contributed by atoms with Gasteiger partial charge in [-0.15, -0.1) is 0 Å². The summed E-state index contributed by atoms with van der Waals surface area (Å²) in [6, 6.07) is 17.1. The predicted molar refractivity (Wildman–Crippen MR) is 72.8 cm³/mol. The van der Waals surface area contributed by atoms with Gasteiger partial charge >= 0.3 is 0 Å². The molecule has 0 heterocycles. The molecule has 1 unspecified atom stereocenters. The van der Waals surface area contributed by atoms with Crippen LogP contribution in [-0.4, -0.2) is 0 Å². The lowest BCUT2D eigenvalue weighted by atomic mass is 9.92. The van der Waals surface area contributed by atoms with Crippen molar-refractivity contribution in [2.24, 2.45) is 0 Å². The van der Waals surface area contributed by atoms with Crippen LogP contribution >= 0.6 is 15.9 Å². The Kier molecular flexibility index (Phi) is 3.45. The molecule has 0 aliphatic carbocycles. The maximum absolute atomic E-state index is 3.63. The van der Waals surface area contributed by atoms with Gasteiger partial charge in [0.2, 0.25) is 0 Å². The van der Waals surface area contributed by atoms with Crippen LogP contribution in [0.5, 0.6) is 0 Å². The molecule has 0 aliphatic rings. The van der Waals surface area contributed by atoms with Gasteiger partial charge in [0.1, 0.15) is 0 Å². The quantitative estimate of drug-likeness (QED) is 0.730. The summed E-state index contributed by atoms with van der Waals surface area (Å²) in [7, 11) is 0. The lowest BCUT2D eigenvalue weighted by Crippen LogP contribution is -1.97. The Balaban J connectivity index is 2.41. The number of benzene rings is 2. The zero-order valence-corrected chi connectivity index (χ0v) is 11.2. The van der Waals surface area contributed by atoms with Crippen molar-refractivity contribution in [3.63, 3.8) is 0 Å². The number of rotatable bonds is 2. The summed E-state index contributed by atoms with van der Waals surface area (Å²) in [6.45, 7) is 4.38. The summed E-state index contributed by atoms with van der Waals surface area (Å²) in [5.74, 6) is 0.426. The van der Waals surface area contributed by atoms with Crippen molar-refractivity contribution >= 4 is 15.9 Å². The van der Waals surface area contributed by atoms with Gasteiger partial charge in [-0.05, 0) is 24.1 Å². The summed E-state index contributed by atoms with van der Waals surface area (Å²) in [4.78, 5) is 0. The van der Waals surface area contributed by atoms with Crippen LogP contribution in [0.2, 0.25) is 0 Å². The first-order valence-corrected chi connectivity index (χ1v) is 6.29. The molecule has 1 heteroatoms. The first-order chi connectivity index (χ1) is 7.68. The van der Waals surface area contributed by atoms with Crippen LogP contribution in [0.15, 0.2) is 53.0 Å². The van der Waals surface area contributed by atoms with Gasteiger partial charge in [0, 0.05) is 10.4 Å². The van der Waals surface area contributed by atoms with Gasteiger partial charge < -0.3 is 0 Å². The fraction of sp³-hybridized carbons (Fsp3) is 0.200. The van der Waals surface area contributed by atoms with Crippen LogP contribution in [0, 0.1) is 6.92 Å². The molecule has 0 radical (unpaired) electrons. The number of halogens is 1. The normalized spacial score (nSPS) is 12.4. The molecule has 2 aromatic rings. The average Bonchev–Trinajstić information content (AvgIpc) is 2.32. The zero-order valence-electron chi connectivity index (χ0n) is 9.57. The molecule has 0 bridgehead atoms. The molecule has 1 atom stereocenters. The van der Waals surface area contributed by atoms with Crippen molar-refractivity contribution in [1.82, 2.24) is 0 Å². The maximum Gasteiger partial charge on any atom is 0.0213 e. The van der Waals surface area contributed by atoms with Crippen molar-refractivity contribution in [1.29, 1.82) is 0 Å². The predicted octanol–water partition coefficient (Wildman–Crippen LogP) is 4.91. The molecule has 82 valence electrons. The minimum absolute atomic E-state index is 0.426. The van der Waals surface area contributed by atoms with Gasteiger partial charge in [0.05, 0.1) is 0 Å². The highest BCUT2D eigenvalue weighted by Gasteiger charge is 2.11. The summed E-state index contributed by atoms with van der Waals surface area (Å²) < 4.78 is 1.19. The minimum Gasteiger partial charge on any atom is -0.0622 e. The van der Waals surface area contributed by atoms with Gasteiger partial charge in [-0.1, -0.05) is 70.9 Å². The maximum atomic E-state index is 3.63. The van der Waals surface area contributed by atoms with E-state index in [1.165, 1.54) is 21.2 Å². The fourth-order valence-electron chi connectivity index (χ4n) is 1.92. The van der Waals surface area contributed by atoms with E-state index in [9.17, 15) is 0 Å². The van der Waals surface area contributed by atoms with Gasteiger partial charge in [0.25, 0.3) is 0 Å². The number of hydrogen-bond acceptors (Lipinski definition) is 0. The van der Waals surface area contributed by atoms with Crippen LogP contribution in [-0.2, 0) is 0 Å². The van der Waals surface area contributed by atoms with E-state index < -0.39 is 0 Å². The zero-order chi connectivity index (χ0) is 11.5. The van der Waals surface area contributed by atoms with Gasteiger partial charge in [-0.25, -0.2) is 0 Å². The summed E-state index contributed by atoms with van der Waals surface area (Å²) >= 11 is 3.63. The summed E-state index contributed by atoms with van der Waals surface area (Å²) in [6.07, 6.45) is 0. The molecule has 0 saturated carbocycles. The van der Waals surface area contributed by atoms with E-state index in [1.54, 1.807) is 0 Å². The Morgan fingerprint density at radius 3 is 2.38 bits per heavy atom. The Labute approximate surface area is 105 Å². The van der Waals surface area contributed by atoms with E-state index in [0.29, 0.717) is 5.92 Å². The van der Waals surface area contributed by atoms with Crippen LogP contribution in [0.25, 0.3) is 0 Å². The van der Waals surface area contributed by atoms with Crippen molar-refractivity contribution in [2.45, 2.75) is 19.8 Å². The van der Waals surface area contributed by atoms with Gasteiger partial charge in [-0.2, -0.15) is 0 Å². The van der Waals surface area contributed by atoms with Crippen molar-refractivity contribution < 1.29 is 0 Å². The molecule has 0 amide bonds. The van der Waals surface area contributed by atoms with Crippen molar-refractivity contribution in [3.05, 3.63) is 69.7 Å². The van der Waals surface area contributed by atoms with E-state index in [4.69, 9.17) is 0 Å². The molecule has 0 fully saturated rings. The van der Waals surface area contributed by atoms with Crippen molar-refractivity contribution in [2.75, 3.05) is 0 Å². The van der Waals surface area contributed by atoms with E-state index in [2.05, 4.69) is 78.3 Å². The lowest BCUT2D eigenvalue weighted by molar-refractivity contribution is 0.913. The molecule has 16 heavy (non-hydrogen) atoms.